The fourth-order valence-corrected chi connectivity index (χ4v) is 2.66. The first-order chi connectivity index (χ1) is 9.26. The number of nitrogens with one attached hydrogen (secondary N) is 1. The number of carbonyl (C=O) groups is 1. The third-order valence-electron chi connectivity index (χ3n) is 2.44. The Hall–Kier alpha value is -1.76. The first-order valence-electron chi connectivity index (χ1n) is 6.22. The number of anilines is 1. The summed E-state index contributed by atoms with van der Waals surface area (Å²) >= 11 is 0. The molecule has 0 aliphatic rings. The Morgan fingerprint density at radius 2 is 1.95 bits per heavy atom. The van der Waals surface area contributed by atoms with Crippen LogP contribution in [0.2, 0.25) is 0 Å². The van der Waals surface area contributed by atoms with Gasteiger partial charge in [-0.15, -0.1) is 0 Å². The van der Waals surface area contributed by atoms with Gasteiger partial charge in [-0.05, 0) is 31.2 Å². The van der Waals surface area contributed by atoms with E-state index in [0.717, 1.165) is 6.26 Å². The van der Waals surface area contributed by atoms with E-state index in [1.165, 1.54) is 0 Å². The molecule has 0 heterocycles. The van der Waals surface area contributed by atoms with Gasteiger partial charge in [0, 0.05) is 18.0 Å². The maximum atomic E-state index is 11.6. The molecule has 0 saturated heterocycles. The molecule has 1 aromatic rings. The molecule has 0 bridgehead atoms. The number of ether oxygens (including phenoxy) is 1. The van der Waals surface area contributed by atoms with Crippen molar-refractivity contribution in [3.8, 4) is 5.75 Å². The van der Waals surface area contributed by atoms with Crippen molar-refractivity contribution in [1.29, 1.82) is 0 Å². The van der Waals surface area contributed by atoms with Gasteiger partial charge in [-0.1, -0.05) is 0 Å². The zero-order valence-electron chi connectivity index (χ0n) is 11.6. The van der Waals surface area contributed by atoms with E-state index in [2.05, 4.69) is 5.32 Å². The first kappa shape index (κ1) is 16.3. The number of hydrogen-bond donors (Lipinski definition) is 2. The number of rotatable bonds is 7. The lowest BCUT2D eigenvalue weighted by molar-refractivity contribution is -0.122. The molecule has 6 nitrogen and oxygen atoms in total. The predicted octanol–water partition coefficient (Wildman–Crippen LogP) is 0.587. The van der Waals surface area contributed by atoms with E-state index in [-0.39, 0.29) is 24.7 Å². The Morgan fingerprint density at radius 3 is 2.50 bits per heavy atom. The van der Waals surface area contributed by atoms with Gasteiger partial charge in [0.25, 0.3) is 0 Å². The zero-order chi connectivity index (χ0) is 15.2. The van der Waals surface area contributed by atoms with Crippen LogP contribution in [0.4, 0.5) is 5.69 Å². The molecule has 1 aromatic carbocycles. The average molecular weight is 300 g/mol. The first-order valence-corrected chi connectivity index (χ1v) is 8.28. The molecule has 1 atom stereocenters. The molecule has 20 heavy (non-hydrogen) atoms. The maximum Gasteiger partial charge on any atom is 0.223 e. The van der Waals surface area contributed by atoms with Crippen molar-refractivity contribution in [1.82, 2.24) is 5.32 Å². The molecule has 1 unspecified atom stereocenters. The van der Waals surface area contributed by atoms with Crippen molar-refractivity contribution in [3.63, 3.8) is 0 Å². The Bertz CT molecular complexity index is 540. The number of sulfone groups is 1. The van der Waals surface area contributed by atoms with Crippen LogP contribution >= 0.6 is 0 Å². The largest absolute Gasteiger partial charge is 0.493 e. The topological polar surface area (TPSA) is 98.5 Å². The van der Waals surface area contributed by atoms with Crippen LogP contribution in [-0.4, -0.2) is 39.0 Å². The van der Waals surface area contributed by atoms with Crippen molar-refractivity contribution < 1.29 is 17.9 Å². The lowest BCUT2D eigenvalue weighted by atomic mass is 10.3. The number of amides is 1. The van der Waals surface area contributed by atoms with Gasteiger partial charge in [0.2, 0.25) is 5.91 Å². The van der Waals surface area contributed by atoms with Crippen LogP contribution in [0.15, 0.2) is 24.3 Å². The molecule has 0 spiro atoms. The summed E-state index contributed by atoms with van der Waals surface area (Å²) in [5.41, 5.74) is 6.18. The number of nitrogen functional groups attached to an aromatic ring is 1. The van der Waals surface area contributed by atoms with Crippen LogP contribution in [0.3, 0.4) is 0 Å². The number of nitrogens with two attached hydrogens (primary N) is 1. The van der Waals surface area contributed by atoms with Gasteiger partial charge in [-0.2, -0.15) is 0 Å². The summed E-state index contributed by atoms with van der Waals surface area (Å²) in [6.45, 7) is 1.88. The van der Waals surface area contributed by atoms with Crippen LogP contribution in [0.1, 0.15) is 13.3 Å². The van der Waals surface area contributed by atoms with Gasteiger partial charge in [0.1, 0.15) is 15.6 Å². The van der Waals surface area contributed by atoms with Crippen LogP contribution in [0.5, 0.6) is 5.75 Å². The molecular formula is C13H20N2O4S. The Labute approximate surface area is 119 Å². The highest BCUT2D eigenvalue weighted by Gasteiger charge is 2.12. The lowest BCUT2D eigenvalue weighted by Crippen LogP contribution is -2.37. The number of hydrogen-bond acceptors (Lipinski definition) is 5. The summed E-state index contributed by atoms with van der Waals surface area (Å²) in [5.74, 6) is 0.324. The van der Waals surface area contributed by atoms with E-state index >= 15 is 0 Å². The van der Waals surface area contributed by atoms with Crippen LogP contribution in [0.25, 0.3) is 0 Å². The van der Waals surface area contributed by atoms with Gasteiger partial charge in [0.05, 0.1) is 18.8 Å². The minimum Gasteiger partial charge on any atom is -0.493 e. The van der Waals surface area contributed by atoms with E-state index in [0.29, 0.717) is 11.4 Å². The average Bonchev–Trinajstić information content (AvgIpc) is 2.29. The standard InChI is InChI=1S/C13H20N2O4S/c1-10(9-20(2,17)18)15-13(16)7-8-19-12-5-3-11(14)4-6-12/h3-6,10H,7-9,14H2,1-2H3,(H,15,16). The predicted molar refractivity (Wildman–Crippen MR) is 78.3 cm³/mol. The highest BCUT2D eigenvalue weighted by molar-refractivity contribution is 7.90. The third-order valence-corrected chi connectivity index (χ3v) is 3.54. The molecule has 112 valence electrons. The van der Waals surface area contributed by atoms with E-state index in [1.807, 2.05) is 0 Å². The highest BCUT2D eigenvalue weighted by atomic mass is 32.2. The molecule has 0 saturated carbocycles. The van der Waals surface area contributed by atoms with Crippen molar-refractivity contribution >= 4 is 21.4 Å². The van der Waals surface area contributed by atoms with E-state index < -0.39 is 15.9 Å². The summed E-state index contributed by atoms with van der Waals surface area (Å²) < 4.78 is 27.5. The quantitative estimate of drug-likeness (QED) is 0.718. The summed E-state index contributed by atoms with van der Waals surface area (Å²) in [6.07, 6.45) is 1.30. The second-order valence-electron chi connectivity index (χ2n) is 4.73. The zero-order valence-corrected chi connectivity index (χ0v) is 12.4. The molecule has 0 aliphatic heterocycles. The Balaban J connectivity index is 2.28. The van der Waals surface area contributed by atoms with E-state index in [9.17, 15) is 13.2 Å². The van der Waals surface area contributed by atoms with Crippen molar-refractivity contribution in [2.24, 2.45) is 0 Å². The van der Waals surface area contributed by atoms with Gasteiger partial charge in [0.15, 0.2) is 0 Å². The minimum atomic E-state index is -3.09. The molecule has 0 aromatic heterocycles. The monoisotopic (exact) mass is 300 g/mol. The van der Waals surface area contributed by atoms with Gasteiger partial charge < -0.3 is 15.8 Å². The van der Waals surface area contributed by atoms with Crippen LogP contribution in [-0.2, 0) is 14.6 Å². The van der Waals surface area contributed by atoms with Crippen molar-refractivity contribution in [2.45, 2.75) is 19.4 Å². The molecule has 1 amide bonds. The molecule has 0 radical (unpaired) electrons. The second kappa shape index (κ2) is 7.14. The fraction of sp³-hybridized carbons (Fsp3) is 0.462. The Kier molecular flexibility index (Phi) is 5.82. The summed E-state index contributed by atoms with van der Waals surface area (Å²) in [7, 11) is -3.09. The Morgan fingerprint density at radius 1 is 1.35 bits per heavy atom. The van der Waals surface area contributed by atoms with E-state index in [1.54, 1.807) is 31.2 Å². The van der Waals surface area contributed by atoms with Gasteiger partial charge >= 0.3 is 0 Å². The highest BCUT2D eigenvalue weighted by Crippen LogP contribution is 2.13. The third kappa shape index (κ3) is 6.98. The number of benzene rings is 1. The van der Waals surface area contributed by atoms with Gasteiger partial charge in [-0.3, -0.25) is 4.79 Å². The summed E-state index contributed by atoms with van der Waals surface area (Å²) in [4.78, 5) is 11.6. The van der Waals surface area contributed by atoms with Crippen LogP contribution < -0.4 is 15.8 Å². The van der Waals surface area contributed by atoms with Crippen LogP contribution in [0, 0.1) is 0 Å². The lowest BCUT2D eigenvalue weighted by Gasteiger charge is -2.13. The van der Waals surface area contributed by atoms with Crippen molar-refractivity contribution in [2.75, 3.05) is 24.3 Å². The molecule has 7 heteroatoms. The SMILES string of the molecule is CC(CS(C)(=O)=O)NC(=O)CCOc1ccc(N)cc1. The second-order valence-corrected chi connectivity index (χ2v) is 6.91. The molecule has 3 N–H and O–H groups in total. The fourth-order valence-electron chi connectivity index (χ4n) is 1.67. The molecule has 0 aliphatic carbocycles. The molecule has 1 rings (SSSR count). The van der Waals surface area contributed by atoms with E-state index in [4.69, 9.17) is 10.5 Å². The normalized spacial score (nSPS) is 12.7. The maximum absolute atomic E-state index is 11.6. The smallest absolute Gasteiger partial charge is 0.223 e. The molecule has 0 fully saturated rings. The van der Waals surface area contributed by atoms with Gasteiger partial charge in [-0.25, -0.2) is 8.42 Å². The summed E-state index contributed by atoms with van der Waals surface area (Å²) in [5, 5.41) is 2.61. The molecular weight excluding hydrogens is 280 g/mol. The van der Waals surface area contributed by atoms with Crippen molar-refractivity contribution in [3.05, 3.63) is 24.3 Å². The summed E-state index contributed by atoms with van der Waals surface area (Å²) in [6, 6.07) is 6.46. The number of carbonyl (C=O) groups excluding carboxylic acids is 1. The minimum absolute atomic E-state index is 0.0719.